The zero-order valence-corrected chi connectivity index (χ0v) is 22.4. The molecule has 236 valence electrons. The van der Waals surface area contributed by atoms with Gasteiger partial charge in [-0.3, -0.25) is 4.90 Å². The maximum atomic E-state index is 13.7. The molecule has 0 aliphatic carbocycles. The van der Waals surface area contributed by atoms with Crippen molar-refractivity contribution in [2.45, 2.75) is 81.7 Å². The van der Waals surface area contributed by atoms with E-state index in [0.29, 0.717) is 37.3 Å². The van der Waals surface area contributed by atoms with Crippen LogP contribution >= 0.6 is 0 Å². The quantitative estimate of drug-likeness (QED) is 0.376. The zero-order valence-electron chi connectivity index (χ0n) is 22.4. The van der Waals surface area contributed by atoms with Crippen molar-refractivity contribution < 1.29 is 58.6 Å². The van der Waals surface area contributed by atoms with E-state index in [2.05, 4.69) is 4.74 Å². The Hall–Kier alpha value is -3.00. The first-order valence-electron chi connectivity index (χ1n) is 13.3. The fraction of sp³-hybridized carbons (Fsp3) is 0.692. The number of hydrogen-bond acceptors (Lipinski definition) is 6. The molecule has 0 bridgehead atoms. The topological polar surface area (TPSA) is 70.2 Å². The van der Waals surface area contributed by atoms with Crippen molar-refractivity contribution in [1.82, 2.24) is 9.80 Å². The standard InChI is InChI=1S/C25H30F9N3O2.CO2/c26-23(27,28)18-13-17(14-19(15-18)35-8-2-1-3-9-35)16-37-10-4-5-22(37)6-11-36(12-7-22)21(38)39-20(24(29,30)31)25(32,33)34;2-1-3/h13-15,20H,1-12,16H2;. The molecule has 3 aliphatic heterocycles. The lowest BCUT2D eigenvalue weighted by atomic mass is 9.84. The third-order valence-electron chi connectivity index (χ3n) is 7.91. The molecule has 3 saturated heterocycles. The SMILES string of the molecule is O=C(OC(C(F)(F)F)C(F)(F)F)N1CCC2(CCCN2Cc2cc(N3CCCCC3)cc(C(F)(F)F)c2)CC1.O=C=O. The molecule has 0 N–H and O–H groups in total. The van der Waals surface area contributed by atoms with Crippen molar-refractivity contribution in [3.8, 4) is 0 Å². The van der Waals surface area contributed by atoms with Crippen molar-refractivity contribution in [2.24, 2.45) is 0 Å². The van der Waals surface area contributed by atoms with E-state index < -0.39 is 41.8 Å². The number of alkyl halides is 9. The largest absolute Gasteiger partial charge is 0.434 e. The van der Waals surface area contributed by atoms with Crippen LogP contribution in [0.3, 0.4) is 0 Å². The average molecular weight is 620 g/mol. The molecule has 7 nitrogen and oxygen atoms in total. The minimum absolute atomic E-state index is 0.126. The molecular weight excluding hydrogens is 589 g/mol. The Morgan fingerprint density at radius 2 is 1.38 bits per heavy atom. The maximum Gasteiger partial charge on any atom is 0.434 e. The van der Waals surface area contributed by atoms with Gasteiger partial charge in [-0.1, -0.05) is 0 Å². The first-order valence-corrected chi connectivity index (χ1v) is 13.3. The highest BCUT2D eigenvalue weighted by Crippen LogP contribution is 2.42. The molecular formula is C26H30F9N3O4. The molecule has 4 rings (SSSR count). The molecule has 3 aliphatic rings. The smallest absolute Gasteiger partial charge is 0.426 e. The van der Waals surface area contributed by atoms with Gasteiger partial charge in [0.25, 0.3) is 6.10 Å². The summed E-state index contributed by atoms with van der Waals surface area (Å²) in [6.45, 7) is 1.87. The van der Waals surface area contributed by atoms with Gasteiger partial charge in [-0.05, 0) is 75.3 Å². The highest BCUT2D eigenvalue weighted by molar-refractivity contribution is 5.68. The van der Waals surface area contributed by atoms with E-state index >= 15 is 0 Å². The van der Waals surface area contributed by atoms with Crippen molar-refractivity contribution in [2.75, 3.05) is 37.6 Å². The molecule has 0 radical (unpaired) electrons. The summed E-state index contributed by atoms with van der Waals surface area (Å²) in [7, 11) is 0. The van der Waals surface area contributed by atoms with E-state index in [0.717, 1.165) is 42.7 Å². The molecule has 3 heterocycles. The maximum absolute atomic E-state index is 13.7. The van der Waals surface area contributed by atoms with Crippen molar-refractivity contribution in [3.05, 3.63) is 29.3 Å². The Bertz CT molecular complexity index is 1090. The number of hydrogen-bond donors (Lipinski definition) is 0. The van der Waals surface area contributed by atoms with Crippen molar-refractivity contribution >= 4 is 17.9 Å². The predicted octanol–water partition coefficient (Wildman–Crippen LogP) is 6.17. The Morgan fingerprint density at radius 3 is 1.90 bits per heavy atom. The number of benzene rings is 1. The lowest BCUT2D eigenvalue weighted by Crippen LogP contribution is -2.54. The Labute approximate surface area is 235 Å². The van der Waals surface area contributed by atoms with Gasteiger partial charge in [-0.15, -0.1) is 0 Å². The number of anilines is 1. The second kappa shape index (κ2) is 13.1. The lowest BCUT2D eigenvalue weighted by molar-refractivity contribution is -0.308. The van der Waals surface area contributed by atoms with Crippen LogP contribution in [0.2, 0.25) is 0 Å². The zero-order chi connectivity index (χ0) is 31.3. The minimum atomic E-state index is -5.80. The molecule has 0 saturated carbocycles. The number of carbonyl (C=O) groups is 1. The van der Waals surface area contributed by atoms with Gasteiger partial charge in [0.1, 0.15) is 0 Å². The monoisotopic (exact) mass is 619 g/mol. The van der Waals surface area contributed by atoms with Crippen LogP contribution in [-0.4, -0.2) is 78.8 Å². The first kappa shape index (κ1) is 33.5. The van der Waals surface area contributed by atoms with E-state index in [9.17, 15) is 44.3 Å². The summed E-state index contributed by atoms with van der Waals surface area (Å²) in [6, 6.07) is 4.04. The molecule has 1 spiro atoms. The normalized spacial score (nSPS) is 19.9. The summed E-state index contributed by atoms with van der Waals surface area (Å²) in [5.41, 5.74) is -0.278. The van der Waals surface area contributed by atoms with E-state index in [-0.39, 0.29) is 38.6 Å². The molecule has 1 amide bonds. The third-order valence-corrected chi connectivity index (χ3v) is 7.91. The molecule has 1 aromatic rings. The van der Waals surface area contributed by atoms with Gasteiger partial charge >= 0.3 is 30.8 Å². The molecule has 0 unspecified atom stereocenters. The predicted molar refractivity (Wildman–Crippen MR) is 128 cm³/mol. The number of amides is 1. The number of carbonyl (C=O) groups excluding carboxylic acids is 3. The van der Waals surface area contributed by atoms with Crippen LogP contribution in [0.5, 0.6) is 0 Å². The van der Waals surface area contributed by atoms with E-state index in [1.54, 1.807) is 6.07 Å². The van der Waals surface area contributed by atoms with E-state index in [1.807, 2.05) is 9.80 Å². The number of piperidine rings is 2. The molecule has 42 heavy (non-hydrogen) atoms. The van der Waals surface area contributed by atoms with Crippen molar-refractivity contribution in [1.29, 1.82) is 0 Å². The molecule has 0 atom stereocenters. The summed E-state index contributed by atoms with van der Waals surface area (Å²) in [6.07, 6.45) is -17.1. The average Bonchev–Trinajstić information content (AvgIpc) is 3.27. The molecule has 1 aromatic carbocycles. The van der Waals surface area contributed by atoms with Gasteiger partial charge in [0.15, 0.2) is 0 Å². The highest BCUT2D eigenvalue weighted by Gasteiger charge is 2.60. The van der Waals surface area contributed by atoms with Gasteiger partial charge in [0.2, 0.25) is 0 Å². The summed E-state index contributed by atoms with van der Waals surface area (Å²) in [5, 5.41) is 0. The van der Waals surface area contributed by atoms with Crippen LogP contribution in [0.15, 0.2) is 18.2 Å². The van der Waals surface area contributed by atoms with Gasteiger partial charge in [0.05, 0.1) is 5.56 Å². The van der Waals surface area contributed by atoms with Crippen LogP contribution < -0.4 is 4.90 Å². The number of ether oxygens (including phenoxy) is 1. The lowest BCUT2D eigenvalue weighted by Gasteiger charge is -2.45. The van der Waals surface area contributed by atoms with Crippen LogP contribution in [0.25, 0.3) is 0 Å². The van der Waals surface area contributed by atoms with Crippen LogP contribution in [-0.2, 0) is 27.0 Å². The molecule has 16 heteroatoms. The number of nitrogens with zero attached hydrogens (tertiary/aromatic N) is 3. The second-order valence-corrected chi connectivity index (χ2v) is 10.6. The van der Waals surface area contributed by atoms with E-state index in [1.165, 1.54) is 0 Å². The number of rotatable bonds is 4. The number of halogens is 9. The van der Waals surface area contributed by atoms with Crippen LogP contribution in [0, 0.1) is 0 Å². The van der Waals surface area contributed by atoms with Gasteiger partial charge in [-0.25, -0.2) is 4.79 Å². The second-order valence-electron chi connectivity index (χ2n) is 10.6. The van der Waals surface area contributed by atoms with Crippen LogP contribution in [0.1, 0.15) is 56.1 Å². The van der Waals surface area contributed by atoms with E-state index in [4.69, 9.17) is 9.59 Å². The fourth-order valence-corrected chi connectivity index (χ4v) is 5.89. The first-order chi connectivity index (χ1) is 19.5. The van der Waals surface area contributed by atoms with Crippen LogP contribution in [0.4, 0.5) is 50.0 Å². The molecule has 0 aromatic heterocycles. The highest BCUT2D eigenvalue weighted by atomic mass is 19.4. The van der Waals surface area contributed by atoms with Gasteiger partial charge in [0, 0.05) is 44.0 Å². The molecule has 3 fully saturated rings. The summed E-state index contributed by atoms with van der Waals surface area (Å²) < 4.78 is 122. The number of likely N-dealkylation sites (tertiary alicyclic amines) is 2. The van der Waals surface area contributed by atoms with Gasteiger partial charge in [-0.2, -0.15) is 49.1 Å². The summed E-state index contributed by atoms with van der Waals surface area (Å²) in [4.78, 5) is 33.2. The fourth-order valence-electron chi connectivity index (χ4n) is 5.89. The van der Waals surface area contributed by atoms with Crippen molar-refractivity contribution in [3.63, 3.8) is 0 Å². The Kier molecular flexibility index (Phi) is 10.5. The summed E-state index contributed by atoms with van der Waals surface area (Å²) >= 11 is 0. The summed E-state index contributed by atoms with van der Waals surface area (Å²) in [5.74, 6) is 0. The van der Waals surface area contributed by atoms with Gasteiger partial charge < -0.3 is 14.5 Å². The third kappa shape index (κ3) is 8.30. The minimum Gasteiger partial charge on any atom is -0.426 e. The Balaban J connectivity index is 0.00000155. The Morgan fingerprint density at radius 1 is 0.810 bits per heavy atom.